The zero-order chi connectivity index (χ0) is 21.5. The van der Waals surface area contributed by atoms with E-state index in [-0.39, 0.29) is 12.7 Å². The molecule has 2 aromatic carbocycles. The summed E-state index contributed by atoms with van der Waals surface area (Å²) in [5.41, 5.74) is 0.880. The molecule has 0 aliphatic carbocycles. The maximum Gasteiger partial charge on any atom is 0.341 e. The number of para-hydroxylation sites is 1. The lowest BCUT2D eigenvalue weighted by Crippen LogP contribution is -2.48. The van der Waals surface area contributed by atoms with Crippen LogP contribution in [0.2, 0.25) is 0 Å². The lowest BCUT2D eigenvalue weighted by Gasteiger charge is -2.36. The number of carbonyl (C=O) groups is 1. The highest BCUT2D eigenvalue weighted by atomic mass is 16.5. The van der Waals surface area contributed by atoms with E-state index in [0.717, 1.165) is 12.1 Å². The maximum atomic E-state index is 10.8. The van der Waals surface area contributed by atoms with Gasteiger partial charge in [-0.25, -0.2) is 4.79 Å². The SMILES string of the molecule is COc1ccc(O[C@@H]2CCN(Cc3ccccc3OCC(=O)O)C[C@H]2O)cc1OC. The average molecular weight is 417 g/mol. The predicted molar refractivity (Wildman–Crippen MR) is 109 cm³/mol. The molecular weight excluding hydrogens is 390 g/mol. The van der Waals surface area contributed by atoms with Gasteiger partial charge >= 0.3 is 5.97 Å². The summed E-state index contributed by atoms with van der Waals surface area (Å²) in [6, 6.07) is 12.6. The van der Waals surface area contributed by atoms with E-state index in [4.69, 9.17) is 24.1 Å². The van der Waals surface area contributed by atoms with Gasteiger partial charge in [0.2, 0.25) is 0 Å². The Morgan fingerprint density at radius 1 is 1.10 bits per heavy atom. The van der Waals surface area contributed by atoms with E-state index in [9.17, 15) is 9.90 Å². The Labute approximate surface area is 175 Å². The molecule has 0 aromatic heterocycles. The molecule has 1 fully saturated rings. The van der Waals surface area contributed by atoms with E-state index >= 15 is 0 Å². The lowest BCUT2D eigenvalue weighted by molar-refractivity contribution is -0.139. The quantitative estimate of drug-likeness (QED) is 0.641. The van der Waals surface area contributed by atoms with Crippen LogP contribution in [0, 0.1) is 0 Å². The molecule has 1 heterocycles. The Bertz CT molecular complexity index is 857. The Hall–Kier alpha value is -2.97. The van der Waals surface area contributed by atoms with Crippen molar-refractivity contribution in [1.82, 2.24) is 4.90 Å². The Morgan fingerprint density at radius 2 is 1.87 bits per heavy atom. The van der Waals surface area contributed by atoms with Crippen LogP contribution in [0.25, 0.3) is 0 Å². The average Bonchev–Trinajstić information content (AvgIpc) is 2.74. The number of benzene rings is 2. The number of β-amino-alcohol motifs (C(OH)–C–C–N with tert-alkyl or cyclic N) is 1. The van der Waals surface area contributed by atoms with Crippen molar-refractivity contribution in [2.45, 2.75) is 25.2 Å². The predicted octanol–water partition coefficient (Wildman–Crippen LogP) is 2.18. The Balaban J connectivity index is 1.59. The molecule has 2 N–H and O–H groups in total. The van der Waals surface area contributed by atoms with Gasteiger partial charge in [0.05, 0.1) is 14.2 Å². The van der Waals surface area contributed by atoms with Crippen LogP contribution in [0.1, 0.15) is 12.0 Å². The second kappa shape index (κ2) is 10.2. The molecule has 0 unspecified atom stereocenters. The van der Waals surface area contributed by atoms with Crippen LogP contribution in [0.4, 0.5) is 0 Å². The van der Waals surface area contributed by atoms with Gasteiger partial charge in [-0.05, 0) is 24.6 Å². The number of ether oxygens (including phenoxy) is 4. The Morgan fingerprint density at radius 3 is 2.57 bits per heavy atom. The zero-order valence-corrected chi connectivity index (χ0v) is 17.1. The number of rotatable bonds is 9. The summed E-state index contributed by atoms with van der Waals surface area (Å²) in [6.07, 6.45) is -0.356. The molecule has 162 valence electrons. The molecule has 3 rings (SSSR count). The fraction of sp³-hybridized carbons (Fsp3) is 0.409. The molecule has 1 aliphatic rings. The monoisotopic (exact) mass is 417 g/mol. The Kier molecular flexibility index (Phi) is 7.37. The van der Waals surface area contributed by atoms with Crippen molar-refractivity contribution >= 4 is 5.97 Å². The number of methoxy groups -OCH3 is 2. The van der Waals surface area contributed by atoms with Crippen LogP contribution in [-0.4, -0.2) is 67.2 Å². The highest BCUT2D eigenvalue weighted by molar-refractivity contribution is 5.68. The first kappa shape index (κ1) is 21.7. The first-order valence-corrected chi connectivity index (χ1v) is 9.71. The number of hydrogen-bond donors (Lipinski definition) is 2. The number of aliphatic hydroxyl groups excluding tert-OH is 1. The van der Waals surface area contributed by atoms with Crippen molar-refractivity contribution in [2.75, 3.05) is 33.9 Å². The molecular formula is C22H27NO7. The van der Waals surface area contributed by atoms with E-state index < -0.39 is 12.1 Å². The number of aliphatic carboxylic acids is 1. The van der Waals surface area contributed by atoms with Crippen LogP contribution in [0.15, 0.2) is 42.5 Å². The highest BCUT2D eigenvalue weighted by Crippen LogP contribution is 2.32. The molecule has 0 amide bonds. The van der Waals surface area contributed by atoms with Gasteiger partial charge in [0.15, 0.2) is 18.1 Å². The van der Waals surface area contributed by atoms with E-state index in [1.54, 1.807) is 44.6 Å². The van der Waals surface area contributed by atoms with Crippen molar-refractivity contribution < 1.29 is 34.0 Å². The van der Waals surface area contributed by atoms with Crippen molar-refractivity contribution in [1.29, 1.82) is 0 Å². The number of carboxylic acid groups (broad SMARTS) is 1. The first-order valence-electron chi connectivity index (χ1n) is 9.71. The van der Waals surface area contributed by atoms with Gasteiger partial charge in [0.1, 0.15) is 23.7 Å². The molecule has 1 aliphatic heterocycles. The minimum absolute atomic E-state index is 0.335. The van der Waals surface area contributed by atoms with Gasteiger partial charge in [-0.2, -0.15) is 0 Å². The van der Waals surface area contributed by atoms with Crippen LogP contribution in [0.5, 0.6) is 23.0 Å². The van der Waals surface area contributed by atoms with E-state index in [1.807, 2.05) is 12.1 Å². The minimum atomic E-state index is -1.02. The number of hydrogen-bond acceptors (Lipinski definition) is 7. The van der Waals surface area contributed by atoms with Crippen LogP contribution >= 0.6 is 0 Å². The van der Waals surface area contributed by atoms with Crippen LogP contribution in [-0.2, 0) is 11.3 Å². The maximum absolute atomic E-state index is 10.8. The highest BCUT2D eigenvalue weighted by Gasteiger charge is 2.30. The number of piperidine rings is 1. The summed E-state index contributed by atoms with van der Waals surface area (Å²) in [6.45, 7) is 1.32. The smallest absolute Gasteiger partial charge is 0.341 e. The summed E-state index contributed by atoms with van der Waals surface area (Å²) in [5.74, 6) is 1.31. The summed E-state index contributed by atoms with van der Waals surface area (Å²) < 4.78 is 21.9. The second-order valence-corrected chi connectivity index (χ2v) is 7.05. The van der Waals surface area contributed by atoms with Gasteiger partial charge in [-0.1, -0.05) is 18.2 Å². The number of nitrogens with zero attached hydrogens (tertiary/aromatic N) is 1. The van der Waals surface area contributed by atoms with Crippen molar-refractivity contribution in [2.24, 2.45) is 0 Å². The molecule has 2 atom stereocenters. The zero-order valence-electron chi connectivity index (χ0n) is 17.1. The van der Waals surface area contributed by atoms with Crippen molar-refractivity contribution in [3.8, 4) is 23.0 Å². The largest absolute Gasteiger partial charge is 0.493 e. The summed E-state index contributed by atoms with van der Waals surface area (Å²) in [7, 11) is 3.13. The molecule has 2 aromatic rings. The van der Waals surface area contributed by atoms with Gasteiger partial charge in [-0.3, -0.25) is 4.90 Å². The van der Waals surface area contributed by atoms with E-state index in [0.29, 0.717) is 42.5 Å². The first-order chi connectivity index (χ1) is 14.5. The standard InChI is InChI=1S/C22H27NO7/c1-27-20-8-7-16(11-21(20)28-2)30-19-9-10-23(13-17(19)24)12-15-5-3-4-6-18(15)29-14-22(25)26/h3-8,11,17,19,24H,9-10,12-14H2,1-2H3,(H,25,26)/t17-,19-/m1/s1. The molecule has 30 heavy (non-hydrogen) atoms. The number of aliphatic hydroxyl groups is 1. The summed E-state index contributed by atoms with van der Waals surface area (Å²) >= 11 is 0. The summed E-state index contributed by atoms with van der Waals surface area (Å²) in [5, 5.41) is 19.5. The van der Waals surface area contributed by atoms with Crippen molar-refractivity contribution in [3.63, 3.8) is 0 Å². The van der Waals surface area contributed by atoms with Gasteiger partial charge in [0, 0.05) is 31.3 Å². The normalized spacial score (nSPS) is 19.2. The van der Waals surface area contributed by atoms with Gasteiger partial charge < -0.3 is 29.2 Å². The fourth-order valence-corrected chi connectivity index (χ4v) is 3.48. The second-order valence-electron chi connectivity index (χ2n) is 7.05. The fourth-order valence-electron chi connectivity index (χ4n) is 3.48. The third-order valence-electron chi connectivity index (χ3n) is 4.96. The topological polar surface area (TPSA) is 97.7 Å². The number of likely N-dealkylation sites (tertiary alicyclic amines) is 1. The molecule has 8 nitrogen and oxygen atoms in total. The summed E-state index contributed by atoms with van der Waals surface area (Å²) in [4.78, 5) is 12.9. The van der Waals surface area contributed by atoms with Crippen molar-refractivity contribution in [3.05, 3.63) is 48.0 Å². The molecule has 1 saturated heterocycles. The lowest BCUT2D eigenvalue weighted by atomic mass is 10.0. The molecule has 8 heteroatoms. The van der Waals surface area contributed by atoms with Crippen LogP contribution in [0.3, 0.4) is 0 Å². The van der Waals surface area contributed by atoms with E-state index in [1.165, 1.54) is 0 Å². The minimum Gasteiger partial charge on any atom is -0.493 e. The van der Waals surface area contributed by atoms with Gasteiger partial charge in [0.25, 0.3) is 0 Å². The van der Waals surface area contributed by atoms with Gasteiger partial charge in [-0.15, -0.1) is 0 Å². The molecule has 0 bridgehead atoms. The molecule has 0 spiro atoms. The third kappa shape index (κ3) is 5.55. The molecule has 0 saturated carbocycles. The number of carboxylic acids is 1. The third-order valence-corrected chi connectivity index (χ3v) is 4.96. The molecule has 0 radical (unpaired) electrons. The van der Waals surface area contributed by atoms with E-state index in [2.05, 4.69) is 4.90 Å². The van der Waals surface area contributed by atoms with Crippen LogP contribution < -0.4 is 18.9 Å².